The second-order valence-electron chi connectivity index (χ2n) is 3.77. The standard InChI is InChI=1S/C12H19BrClN3O2/c1-4-9(11(18-5-2)19-6-3)16-10-8(13)7-15-12(14)17-10/h7,9,11H,4-6H2,1-3H3,(H,15,16,17). The van der Waals surface area contributed by atoms with Gasteiger partial charge in [-0.05, 0) is 47.8 Å². The van der Waals surface area contributed by atoms with E-state index in [0.717, 1.165) is 10.9 Å². The Morgan fingerprint density at radius 1 is 1.32 bits per heavy atom. The molecule has 0 spiro atoms. The highest BCUT2D eigenvalue weighted by molar-refractivity contribution is 9.10. The van der Waals surface area contributed by atoms with E-state index in [9.17, 15) is 0 Å². The van der Waals surface area contributed by atoms with Crippen LogP contribution in [0.25, 0.3) is 0 Å². The lowest BCUT2D eigenvalue weighted by molar-refractivity contribution is -0.145. The molecule has 1 aromatic rings. The van der Waals surface area contributed by atoms with Crippen molar-refractivity contribution in [1.82, 2.24) is 9.97 Å². The minimum absolute atomic E-state index is 0.0119. The van der Waals surface area contributed by atoms with E-state index in [-0.39, 0.29) is 17.6 Å². The quantitative estimate of drug-likeness (QED) is 0.573. The van der Waals surface area contributed by atoms with Gasteiger partial charge in [0.15, 0.2) is 6.29 Å². The third-order valence-electron chi connectivity index (χ3n) is 2.47. The summed E-state index contributed by atoms with van der Waals surface area (Å²) in [5, 5.41) is 3.47. The summed E-state index contributed by atoms with van der Waals surface area (Å²) in [6.45, 7) is 7.12. The van der Waals surface area contributed by atoms with E-state index in [2.05, 4.69) is 38.1 Å². The molecule has 0 aromatic carbocycles. The van der Waals surface area contributed by atoms with Gasteiger partial charge in [0.2, 0.25) is 5.28 Å². The second kappa shape index (κ2) is 8.68. The minimum atomic E-state index is -0.319. The number of anilines is 1. The number of hydrogen-bond acceptors (Lipinski definition) is 5. The van der Waals surface area contributed by atoms with Gasteiger partial charge in [0.25, 0.3) is 0 Å². The predicted octanol–water partition coefficient (Wildman–Crippen LogP) is 3.48. The van der Waals surface area contributed by atoms with E-state index >= 15 is 0 Å². The first-order chi connectivity index (χ1) is 9.12. The van der Waals surface area contributed by atoms with Gasteiger partial charge in [-0.2, -0.15) is 4.98 Å². The van der Waals surface area contributed by atoms with Crippen molar-refractivity contribution in [3.8, 4) is 0 Å². The molecule has 1 heterocycles. The van der Waals surface area contributed by atoms with Crippen molar-refractivity contribution in [2.24, 2.45) is 0 Å². The molecule has 0 radical (unpaired) electrons. The van der Waals surface area contributed by atoms with Crippen LogP contribution in [0, 0.1) is 0 Å². The Kier molecular flexibility index (Phi) is 7.60. The van der Waals surface area contributed by atoms with E-state index in [4.69, 9.17) is 21.1 Å². The van der Waals surface area contributed by atoms with Crippen LogP contribution >= 0.6 is 27.5 Å². The average molecular weight is 353 g/mol. The van der Waals surface area contributed by atoms with Gasteiger partial charge in [-0.3, -0.25) is 0 Å². The first-order valence-electron chi connectivity index (χ1n) is 6.30. The number of ether oxygens (including phenoxy) is 2. The Morgan fingerprint density at radius 2 is 1.95 bits per heavy atom. The van der Waals surface area contributed by atoms with Crippen LogP contribution in [0.1, 0.15) is 27.2 Å². The first kappa shape index (κ1) is 16.6. The van der Waals surface area contributed by atoms with Crippen LogP contribution in [0.15, 0.2) is 10.7 Å². The lowest BCUT2D eigenvalue weighted by Crippen LogP contribution is -2.38. The zero-order valence-corrected chi connectivity index (χ0v) is 13.7. The molecule has 1 atom stereocenters. The van der Waals surface area contributed by atoms with Gasteiger partial charge in [-0.1, -0.05) is 6.92 Å². The van der Waals surface area contributed by atoms with Gasteiger partial charge in [0.05, 0.1) is 10.5 Å². The van der Waals surface area contributed by atoms with Crippen LogP contribution in [0.3, 0.4) is 0 Å². The molecule has 19 heavy (non-hydrogen) atoms. The number of nitrogens with one attached hydrogen (secondary N) is 1. The molecule has 0 fully saturated rings. The maximum atomic E-state index is 5.80. The number of hydrogen-bond donors (Lipinski definition) is 1. The normalized spacial score (nSPS) is 12.7. The Labute approximate surface area is 127 Å². The third kappa shape index (κ3) is 5.22. The molecule has 108 valence electrons. The van der Waals surface area contributed by atoms with E-state index < -0.39 is 0 Å². The van der Waals surface area contributed by atoms with Crippen LogP contribution in [0.2, 0.25) is 5.28 Å². The lowest BCUT2D eigenvalue weighted by atomic mass is 10.2. The Bertz CT molecular complexity index is 389. The van der Waals surface area contributed by atoms with Crippen molar-refractivity contribution in [2.75, 3.05) is 18.5 Å². The molecule has 1 aromatic heterocycles. The number of nitrogens with zero attached hydrogens (tertiary/aromatic N) is 2. The molecule has 5 nitrogen and oxygen atoms in total. The number of rotatable bonds is 8. The summed E-state index contributed by atoms with van der Waals surface area (Å²) in [5.74, 6) is 0.635. The van der Waals surface area contributed by atoms with E-state index in [0.29, 0.717) is 19.0 Å². The highest BCUT2D eigenvalue weighted by Gasteiger charge is 2.22. The van der Waals surface area contributed by atoms with E-state index in [1.54, 1.807) is 6.20 Å². The monoisotopic (exact) mass is 351 g/mol. The lowest BCUT2D eigenvalue weighted by Gasteiger charge is -2.27. The molecule has 0 aliphatic rings. The smallest absolute Gasteiger partial charge is 0.224 e. The van der Waals surface area contributed by atoms with Crippen LogP contribution in [-0.2, 0) is 9.47 Å². The van der Waals surface area contributed by atoms with Crippen molar-refractivity contribution in [3.63, 3.8) is 0 Å². The van der Waals surface area contributed by atoms with Gasteiger partial charge < -0.3 is 14.8 Å². The summed E-state index contributed by atoms with van der Waals surface area (Å²) < 4.78 is 12.0. The van der Waals surface area contributed by atoms with Crippen molar-refractivity contribution in [1.29, 1.82) is 0 Å². The van der Waals surface area contributed by atoms with Gasteiger partial charge in [-0.15, -0.1) is 0 Å². The molecule has 0 bridgehead atoms. The van der Waals surface area contributed by atoms with Gasteiger partial charge in [-0.25, -0.2) is 4.98 Å². The maximum Gasteiger partial charge on any atom is 0.224 e. The topological polar surface area (TPSA) is 56.3 Å². The highest BCUT2D eigenvalue weighted by Crippen LogP contribution is 2.22. The van der Waals surface area contributed by atoms with Crippen LogP contribution in [0.5, 0.6) is 0 Å². The fourth-order valence-electron chi connectivity index (χ4n) is 1.59. The molecule has 7 heteroatoms. The molecule has 0 saturated heterocycles. The summed E-state index contributed by atoms with van der Waals surface area (Å²) in [5.41, 5.74) is 0. The summed E-state index contributed by atoms with van der Waals surface area (Å²) in [4.78, 5) is 8.04. The number of halogens is 2. The second-order valence-corrected chi connectivity index (χ2v) is 4.97. The molecular weight excluding hydrogens is 334 g/mol. The largest absolute Gasteiger partial charge is 0.361 e. The summed E-state index contributed by atoms with van der Waals surface area (Å²) >= 11 is 9.19. The van der Waals surface area contributed by atoms with E-state index in [1.165, 1.54) is 0 Å². The van der Waals surface area contributed by atoms with Crippen molar-refractivity contribution in [2.45, 2.75) is 39.5 Å². The molecule has 1 N–H and O–H groups in total. The predicted molar refractivity (Wildman–Crippen MR) is 79.5 cm³/mol. The summed E-state index contributed by atoms with van der Waals surface area (Å²) in [6, 6.07) is -0.0119. The fourth-order valence-corrected chi connectivity index (χ4v) is 2.03. The molecule has 0 aliphatic heterocycles. The highest BCUT2D eigenvalue weighted by atomic mass is 79.9. The molecule has 0 amide bonds. The molecule has 0 aliphatic carbocycles. The van der Waals surface area contributed by atoms with Crippen molar-refractivity contribution in [3.05, 3.63) is 16.0 Å². The van der Waals surface area contributed by atoms with Crippen molar-refractivity contribution >= 4 is 33.3 Å². The van der Waals surface area contributed by atoms with E-state index in [1.807, 2.05) is 13.8 Å². The Balaban J connectivity index is 2.81. The number of aromatic nitrogens is 2. The maximum absolute atomic E-state index is 5.80. The van der Waals surface area contributed by atoms with Gasteiger partial charge in [0.1, 0.15) is 5.82 Å². The fraction of sp³-hybridized carbons (Fsp3) is 0.667. The molecular formula is C12H19BrClN3O2. The third-order valence-corrected chi connectivity index (χ3v) is 3.23. The summed E-state index contributed by atoms with van der Waals surface area (Å²) in [7, 11) is 0. The van der Waals surface area contributed by atoms with Crippen LogP contribution in [0.4, 0.5) is 5.82 Å². The average Bonchev–Trinajstić information content (AvgIpc) is 2.39. The molecule has 1 unspecified atom stereocenters. The van der Waals surface area contributed by atoms with Crippen LogP contribution in [-0.4, -0.2) is 35.5 Å². The zero-order chi connectivity index (χ0) is 14.3. The SMILES string of the molecule is CCOC(OCC)C(CC)Nc1nc(Cl)ncc1Br. The van der Waals surface area contributed by atoms with Gasteiger partial charge >= 0.3 is 0 Å². The zero-order valence-electron chi connectivity index (χ0n) is 11.3. The Morgan fingerprint density at radius 3 is 2.47 bits per heavy atom. The van der Waals surface area contributed by atoms with Gasteiger partial charge in [0, 0.05) is 19.4 Å². The van der Waals surface area contributed by atoms with Crippen molar-refractivity contribution < 1.29 is 9.47 Å². The summed E-state index contributed by atoms with van der Waals surface area (Å²) in [6.07, 6.45) is 2.13. The minimum Gasteiger partial charge on any atom is -0.361 e. The first-order valence-corrected chi connectivity index (χ1v) is 7.47. The van der Waals surface area contributed by atoms with Crippen LogP contribution < -0.4 is 5.32 Å². The Hall–Kier alpha value is -0.430. The molecule has 1 rings (SSSR count). The molecule has 0 saturated carbocycles.